The van der Waals surface area contributed by atoms with Crippen molar-refractivity contribution < 1.29 is 28.8 Å². The number of carbonyl (C=O) groups excluding carboxylic acids is 6. The number of rotatable bonds is 21. The van der Waals surface area contributed by atoms with Crippen LogP contribution in [0, 0.1) is 5.92 Å². The Morgan fingerprint density at radius 3 is 1.88 bits per heavy atom. The number of benzene rings is 1. The topological polar surface area (TPSA) is 279 Å². The fraction of sp³-hybridized carbons (Fsp3) is 0.625. The first kappa shape index (κ1) is 40.1. The Labute approximate surface area is 282 Å². The van der Waals surface area contributed by atoms with Crippen molar-refractivity contribution in [1.29, 1.82) is 0 Å². The van der Waals surface area contributed by atoms with E-state index in [1.165, 1.54) is 0 Å². The third-order valence-corrected chi connectivity index (χ3v) is 7.98. The summed E-state index contributed by atoms with van der Waals surface area (Å²) in [6, 6.07) is 2.96. The molecular formula is C32H54N10O6. The average Bonchev–Trinajstić information content (AvgIpc) is 3.60. The van der Waals surface area contributed by atoms with Crippen molar-refractivity contribution in [2.75, 3.05) is 26.2 Å². The van der Waals surface area contributed by atoms with Crippen molar-refractivity contribution in [3.05, 3.63) is 35.9 Å². The molecule has 1 aliphatic heterocycles. The first-order valence-corrected chi connectivity index (χ1v) is 16.6. The molecule has 2 rings (SSSR count). The van der Waals surface area contributed by atoms with Gasteiger partial charge in [-0.05, 0) is 63.1 Å². The van der Waals surface area contributed by atoms with Crippen LogP contribution in [0.15, 0.2) is 30.3 Å². The maximum Gasteiger partial charge on any atom is 0.244 e. The number of nitrogens with two attached hydrogens (primary N) is 4. The van der Waals surface area contributed by atoms with E-state index in [0.29, 0.717) is 44.3 Å². The van der Waals surface area contributed by atoms with E-state index in [0.717, 1.165) is 6.42 Å². The molecule has 6 amide bonds. The highest BCUT2D eigenvalue weighted by Crippen LogP contribution is 2.10. The third-order valence-electron chi connectivity index (χ3n) is 7.98. The second kappa shape index (κ2) is 21.0. The number of carbonyl (C=O) groups is 6. The average molecular weight is 675 g/mol. The largest absolute Gasteiger partial charge is 0.368 e. The zero-order chi connectivity index (χ0) is 35.6. The lowest BCUT2D eigenvalue weighted by Gasteiger charge is -2.27. The van der Waals surface area contributed by atoms with Crippen molar-refractivity contribution in [2.24, 2.45) is 28.9 Å². The quantitative estimate of drug-likeness (QED) is 0.0589. The molecule has 0 spiro atoms. The molecule has 1 aromatic rings. The molecule has 0 radical (unpaired) electrons. The molecule has 1 saturated heterocycles. The Morgan fingerprint density at radius 2 is 1.31 bits per heavy atom. The van der Waals surface area contributed by atoms with Gasteiger partial charge in [0, 0.05) is 19.5 Å². The standard InChI is InChI=1S/C32H54N10O6/c1-19(2)15-23(39-28(44)21-12-8-14-37-21)30(46)42-26(18-35)32(48)40-24(16-20-9-4-3-5-10-20)31(47)38-22(11-6-7-13-33)29(45)41-25(17-34)27(36)43/h3-5,9-10,19,21-26,37H,6-8,11-18,33-35H2,1-2H3,(H2,36,43)(H,38,47)(H,39,44)(H,40,48)(H,41,45)(H,42,46)/t21-,22-,23-,24-,25-,26-/m0/s1. The zero-order valence-electron chi connectivity index (χ0n) is 28.0. The Balaban J connectivity index is 2.24. The van der Waals surface area contributed by atoms with Gasteiger partial charge in [-0.1, -0.05) is 44.2 Å². The van der Waals surface area contributed by atoms with Crippen LogP contribution in [0.5, 0.6) is 0 Å². The molecule has 1 aromatic carbocycles. The maximum atomic E-state index is 13.7. The fourth-order valence-corrected chi connectivity index (χ4v) is 5.27. The van der Waals surface area contributed by atoms with E-state index < -0.39 is 65.8 Å². The second-order valence-corrected chi connectivity index (χ2v) is 12.4. The van der Waals surface area contributed by atoms with Gasteiger partial charge in [0.2, 0.25) is 35.4 Å². The normalized spacial score (nSPS) is 17.3. The summed E-state index contributed by atoms with van der Waals surface area (Å²) >= 11 is 0. The Morgan fingerprint density at radius 1 is 0.750 bits per heavy atom. The van der Waals surface area contributed by atoms with Gasteiger partial charge in [0.05, 0.1) is 6.04 Å². The highest BCUT2D eigenvalue weighted by molar-refractivity contribution is 5.96. The summed E-state index contributed by atoms with van der Waals surface area (Å²) < 4.78 is 0. The minimum Gasteiger partial charge on any atom is -0.368 e. The molecule has 1 aliphatic rings. The van der Waals surface area contributed by atoms with Crippen molar-refractivity contribution >= 4 is 35.4 Å². The number of unbranched alkanes of at least 4 members (excludes halogenated alkanes) is 1. The van der Waals surface area contributed by atoms with E-state index in [2.05, 4.69) is 31.9 Å². The molecule has 16 nitrogen and oxygen atoms in total. The van der Waals surface area contributed by atoms with Gasteiger partial charge in [0.1, 0.15) is 30.2 Å². The zero-order valence-corrected chi connectivity index (χ0v) is 28.0. The van der Waals surface area contributed by atoms with Gasteiger partial charge in [-0.3, -0.25) is 28.8 Å². The second-order valence-electron chi connectivity index (χ2n) is 12.4. The van der Waals surface area contributed by atoms with Crippen LogP contribution in [0.2, 0.25) is 0 Å². The molecular weight excluding hydrogens is 620 g/mol. The van der Waals surface area contributed by atoms with Gasteiger partial charge < -0.3 is 54.8 Å². The Bertz CT molecular complexity index is 1210. The number of hydrogen-bond acceptors (Lipinski definition) is 10. The smallest absolute Gasteiger partial charge is 0.244 e. The van der Waals surface area contributed by atoms with Crippen molar-refractivity contribution in [3.8, 4) is 0 Å². The van der Waals surface area contributed by atoms with Gasteiger partial charge in [0.25, 0.3) is 0 Å². The molecule has 0 saturated carbocycles. The van der Waals surface area contributed by atoms with Crippen LogP contribution < -0.4 is 54.8 Å². The first-order valence-electron chi connectivity index (χ1n) is 16.6. The van der Waals surface area contributed by atoms with Crippen LogP contribution in [0.4, 0.5) is 0 Å². The number of primary amides is 1. The predicted molar refractivity (Wildman–Crippen MR) is 180 cm³/mol. The summed E-state index contributed by atoms with van der Waals surface area (Å²) in [6.07, 6.45) is 3.15. The minimum atomic E-state index is -1.23. The third kappa shape index (κ3) is 13.5. The number of amides is 6. The summed E-state index contributed by atoms with van der Waals surface area (Å²) in [4.78, 5) is 78.2. The van der Waals surface area contributed by atoms with E-state index in [-0.39, 0.29) is 37.8 Å². The molecule has 6 atom stereocenters. The van der Waals surface area contributed by atoms with Gasteiger partial charge in [-0.15, -0.1) is 0 Å². The summed E-state index contributed by atoms with van der Waals surface area (Å²) in [5.41, 5.74) is 23.2. The SMILES string of the molecule is CC(C)C[C@H](NC(=O)[C@@H]1CCCN1)C(=O)N[C@@H](CN)C(=O)N[C@@H](Cc1ccccc1)C(=O)N[C@@H](CCCCN)C(=O)N[C@@H](CN)C(N)=O. The maximum absolute atomic E-state index is 13.7. The van der Waals surface area contributed by atoms with E-state index >= 15 is 0 Å². The van der Waals surface area contributed by atoms with Crippen molar-refractivity contribution in [1.82, 2.24) is 31.9 Å². The Kier molecular flexibility index (Phi) is 17.5. The van der Waals surface area contributed by atoms with Gasteiger partial charge >= 0.3 is 0 Å². The van der Waals surface area contributed by atoms with Gasteiger partial charge in [0.15, 0.2) is 0 Å². The Hall–Kier alpha value is -4.12. The highest BCUT2D eigenvalue weighted by atomic mass is 16.2. The molecule has 268 valence electrons. The molecule has 0 aromatic heterocycles. The molecule has 0 bridgehead atoms. The molecule has 14 N–H and O–H groups in total. The summed E-state index contributed by atoms with van der Waals surface area (Å²) in [5, 5.41) is 16.4. The lowest BCUT2D eigenvalue weighted by molar-refractivity contribution is -0.135. The summed E-state index contributed by atoms with van der Waals surface area (Å²) in [6.45, 7) is 4.38. The predicted octanol–water partition coefficient (Wildman–Crippen LogP) is -3.02. The van der Waals surface area contributed by atoms with Crippen LogP contribution in [-0.4, -0.2) is 97.9 Å². The van der Waals surface area contributed by atoms with Crippen molar-refractivity contribution in [3.63, 3.8) is 0 Å². The van der Waals surface area contributed by atoms with Crippen LogP contribution >= 0.6 is 0 Å². The van der Waals surface area contributed by atoms with Gasteiger partial charge in [-0.25, -0.2) is 0 Å². The molecule has 1 fully saturated rings. The minimum absolute atomic E-state index is 0.0495. The first-order chi connectivity index (χ1) is 22.9. The van der Waals surface area contributed by atoms with Gasteiger partial charge in [-0.2, -0.15) is 0 Å². The molecule has 48 heavy (non-hydrogen) atoms. The summed E-state index contributed by atoms with van der Waals surface area (Å²) in [5.74, 6) is -3.72. The van der Waals surface area contributed by atoms with Crippen LogP contribution in [0.3, 0.4) is 0 Å². The number of hydrogen-bond donors (Lipinski definition) is 10. The molecule has 1 heterocycles. The number of nitrogens with one attached hydrogen (secondary N) is 6. The fourth-order valence-electron chi connectivity index (χ4n) is 5.27. The summed E-state index contributed by atoms with van der Waals surface area (Å²) in [7, 11) is 0. The van der Waals surface area contributed by atoms with Crippen LogP contribution in [0.1, 0.15) is 57.9 Å². The van der Waals surface area contributed by atoms with E-state index in [1.54, 1.807) is 30.3 Å². The van der Waals surface area contributed by atoms with E-state index in [4.69, 9.17) is 22.9 Å². The lowest BCUT2D eigenvalue weighted by atomic mass is 10.0. The van der Waals surface area contributed by atoms with Crippen LogP contribution in [0.25, 0.3) is 0 Å². The van der Waals surface area contributed by atoms with E-state index in [9.17, 15) is 28.8 Å². The van der Waals surface area contributed by atoms with E-state index in [1.807, 2.05) is 13.8 Å². The molecule has 0 aliphatic carbocycles. The molecule has 0 unspecified atom stereocenters. The van der Waals surface area contributed by atoms with Crippen LogP contribution in [-0.2, 0) is 35.2 Å². The highest BCUT2D eigenvalue weighted by Gasteiger charge is 2.33. The lowest BCUT2D eigenvalue weighted by Crippen LogP contribution is -2.61. The van der Waals surface area contributed by atoms with Crippen molar-refractivity contribution in [2.45, 2.75) is 95.0 Å². The monoisotopic (exact) mass is 674 g/mol. The molecule has 16 heteroatoms.